The quantitative estimate of drug-likeness (QED) is 0.918. The predicted octanol–water partition coefficient (Wildman–Crippen LogP) is 3.51. The number of aromatic nitrogens is 1. The maximum absolute atomic E-state index is 4.53. The molecule has 0 bridgehead atoms. The fourth-order valence-corrected chi connectivity index (χ4v) is 3.55. The van der Waals surface area contributed by atoms with Crippen molar-refractivity contribution in [1.82, 2.24) is 10.3 Å². The van der Waals surface area contributed by atoms with Crippen molar-refractivity contribution in [2.45, 2.75) is 65.6 Å². The van der Waals surface area contributed by atoms with Crippen LogP contribution in [0.5, 0.6) is 0 Å². The van der Waals surface area contributed by atoms with Crippen molar-refractivity contribution in [3.05, 3.63) is 23.5 Å². The Balaban J connectivity index is 1.85. The zero-order valence-electron chi connectivity index (χ0n) is 13.9. The van der Waals surface area contributed by atoms with Gasteiger partial charge in [-0.25, -0.2) is 0 Å². The van der Waals surface area contributed by atoms with E-state index in [9.17, 15) is 0 Å². The van der Waals surface area contributed by atoms with Gasteiger partial charge in [0.25, 0.3) is 0 Å². The molecule has 3 rings (SSSR count). The number of anilines is 1. The summed E-state index contributed by atoms with van der Waals surface area (Å²) in [7, 11) is 0. The van der Waals surface area contributed by atoms with E-state index in [1.54, 1.807) is 0 Å². The largest absolute Gasteiger partial charge is 0.368 e. The monoisotopic (exact) mass is 287 g/mol. The number of nitrogens with zero attached hydrogens (tertiary/aromatic N) is 2. The van der Waals surface area contributed by atoms with Crippen LogP contribution in [0, 0.1) is 18.8 Å². The van der Waals surface area contributed by atoms with Crippen molar-refractivity contribution in [3.63, 3.8) is 0 Å². The number of aryl methyl sites for hydroxylation is 1. The summed E-state index contributed by atoms with van der Waals surface area (Å²) in [6.45, 7) is 11.4. The topological polar surface area (TPSA) is 28.2 Å². The Morgan fingerprint density at radius 2 is 2.05 bits per heavy atom. The van der Waals surface area contributed by atoms with Crippen LogP contribution in [0.1, 0.15) is 51.3 Å². The van der Waals surface area contributed by atoms with Gasteiger partial charge in [0.15, 0.2) is 0 Å². The molecule has 0 aromatic carbocycles. The SMILES string of the molecule is Cc1cc(N2CC(C)CC(C)C2C)c(CNC2CC2)cn1. The molecule has 3 nitrogen and oxygen atoms in total. The van der Waals surface area contributed by atoms with Gasteiger partial charge in [-0.1, -0.05) is 13.8 Å². The second-order valence-electron chi connectivity index (χ2n) is 7.32. The van der Waals surface area contributed by atoms with Crippen LogP contribution in [0.25, 0.3) is 0 Å². The molecule has 0 amide bonds. The predicted molar refractivity (Wildman–Crippen MR) is 88.6 cm³/mol. The standard InChI is InChI=1S/C18H29N3/c1-12-7-13(2)15(4)21(11-12)18-8-14(3)19-9-16(18)10-20-17-5-6-17/h8-9,12-13,15,17,20H,5-7,10-11H2,1-4H3. The third kappa shape index (κ3) is 3.39. The zero-order valence-corrected chi connectivity index (χ0v) is 13.9. The van der Waals surface area contributed by atoms with Gasteiger partial charge in [0.05, 0.1) is 0 Å². The highest BCUT2D eigenvalue weighted by molar-refractivity contribution is 5.55. The fourth-order valence-electron chi connectivity index (χ4n) is 3.55. The number of hydrogen-bond acceptors (Lipinski definition) is 3. The Bertz CT molecular complexity index is 495. The molecule has 3 heteroatoms. The molecule has 1 aliphatic carbocycles. The van der Waals surface area contributed by atoms with Crippen molar-refractivity contribution in [1.29, 1.82) is 0 Å². The van der Waals surface area contributed by atoms with Crippen LogP contribution >= 0.6 is 0 Å². The lowest BCUT2D eigenvalue weighted by molar-refractivity contribution is 0.296. The maximum Gasteiger partial charge on any atom is 0.0448 e. The first-order valence-corrected chi connectivity index (χ1v) is 8.50. The van der Waals surface area contributed by atoms with E-state index >= 15 is 0 Å². The minimum Gasteiger partial charge on any atom is -0.368 e. The summed E-state index contributed by atoms with van der Waals surface area (Å²) >= 11 is 0. The smallest absolute Gasteiger partial charge is 0.0448 e. The van der Waals surface area contributed by atoms with Crippen LogP contribution in [0.2, 0.25) is 0 Å². The van der Waals surface area contributed by atoms with Crippen LogP contribution < -0.4 is 10.2 Å². The average molecular weight is 287 g/mol. The summed E-state index contributed by atoms with van der Waals surface area (Å²) in [6.07, 6.45) is 6.10. The highest BCUT2D eigenvalue weighted by Crippen LogP contribution is 2.33. The lowest BCUT2D eigenvalue weighted by atomic mass is 9.85. The first-order valence-electron chi connectivity index (χ1n) is 8.50. The molecule has 0 radical (unpaired) electrons. The lowest BCUT2D eigenvalue weighted by Gasteiger charge is -2.43. The van der Waals surface area contributed by atoms with Gasteiger partial charge in [0.2, 0.25) is 0 Å². The van der Waals surface area contributed by atoms with E-state index in [1.807, 2.05) is 0 Å². The van der Waals surface area contributed by atoms with Gasteiger partial charge in [-0.05, 0) is 51.0 Å². The number of hydrogen-bond donors (Lipinski definition) is 1. The van der Waals surface area contributed by atoms with Crippen molar-refractivity contribution in [2.75, 3.05) is 11.4 Å². The van der Waals surface area contributed by atoms with Crippen LogP contribution in [-0.4, -0.2) is 23.6 Å². The first kappa shape index (κ1) is 14.8. The van der Waals surface area contributed by atoms with E-state index in [0.717, 1.165) is 30.1 Å². The van der Waals surface area contributed by atoms with Crippen molar-refractivity contribution >= 4 is 5.69 Å². The maximum atomic E-state index is 4.53. The minimum atomic E-state index is 0.614. The Hall–Kier alpha value is -1.09. The number of piperidine rings is 1. The van der Waals surface area contributed by atoms with Gasteiger partial charge in [0.1, 0.15) is 0 Å². The molecule has 3 unspecified atom stereocenters. The van der Waals surface area contributed by atoms with Gasteiger partial charge in [0, 0.05) is 48.3 Å². The van der Waals surface area contributed by atoms with Crippen LogP contribution in [0.4, 0.5) is 5.69 Å². The Morgan fingerprint density at radius 1 is 1.29 bits per heavy atom. The summed E-state index contributed by atoms with van der Waals surface area (Å²) in [4.78, 5) is 7.15. The Morgan fingerprint density at radius 3 is 2.76 bits per heavy atom. The lowest BCUT2D eigenvalue weighted by Crippen LogP contribution is -2.46. The molecule has 21 heavy (non-hydrogen) atoms. The third-order valence-electron chi connectivity index (χ3n) is 5.16. The second-order valence-corrected chi connectivity index (χ2v) is 7.32. The summed E-state index contributed by atoms with van der Waals surface area (Å²) in [6, 6.07) is 3.64. The summed E-state index contributed by atoms with van der Waals surface area (Å²) in [5, 5.41) is 3.64. The Kier molecular flexibility index (Phi) is 4.21. The van der Waals surface area contributed by atoms with E-state index in [1.165, 1.54) is 37.1 Å². The molecule has 2 fully saturated rings. The summed E-state index contributed by atoms with van der Waals surface area (Å²) in [5.41, 5.74) is 3.89. The zero-order chi connectivity index (χ0) is 15.0. The highest BCUT2D eigenvalue weighted by Gasteiger charge is 2.30. The first-order chi connectivity index (χ1) is 10.0. The number of rotatable bonds is 4. The molecule has 0 spiro atoms. The Labute approximate surface area is 129 Å². The van der Waals surface area contributed by atoms with E-state index < -0.39 is 0 Å². The van der Waals surface area contributed by atoms with Crippen molar-refractivity contribution < 1.29 is 0 Å². The van der Waals surface area contributed by atoms with Gasteiger partial charge in [-0.3, -0.25) is 4.98 Å². The molecule has 1 saturated heterocycles. The third-order valence-corrected chi connectivity index (χ3v) is 5.16. The molecule has 1 aliphatic heterocycles. The second kappa shape index (κ2) is 5.96. The fraction of sp³-hybridized carbons (Fsp3) is 0.722. The molecule has 1 aromatic rings. The van der Waals surface area contributed by atoms with E-state index in [4.69, 9.17) is 0 Å². The molecular formula is C18H29N3. The van der Waals surface area contributed by atoms with Gasteiger partial charge >= 0.3 is 0 Å². The molecule has 2 aliphatic rings. The van der Waals surface area contributed by atoms with Crippen LogP contribution in [0.3, 0.4) is 0 Å². The average Bonchev–Trinajstić information content (AvgIpc) is 3.25. The normalized spacial score (nSPS) is 29.7. The van der Waals surface area contributed by atoms with Crippen molar-refractivity contribution in [2.24, 2.45) is 11.8 Å². The molecule has 1 N–H and O–H groups in total. The van der Waals surface area contributed by atoms with Gasteiger partial charge in [-0.15, -0.1) is 0 Å². The number of pyridine rings is 1. The summed E-state index contributed by atoms with van der Waals surface area (Å²) in [5.74, 6) is 1.53. The molecule has 1 aromatic heterocycles. The van der Waals surface area contributed by atoms with Crippen LogP contribution in [0.15, 0.2) is 12.3 Å². The van der Waals surface area contributed by atoms with Crippen LogP contribution in [-0.2, 0) is 6.54 Å². The molecule has 116 valence electrons. The van der Waals surface area contributed by atoms with E-state index in [0.29, 0.717) is 6.04 Å². The summed E-state index contributed by atoms with van der Waals surface area (Å²) < 4.78 is 0. The molecule has 2 heterocycles. The minimum absolute atomic E-state index is 0.614. The van der Waals surface area contributed by atoms with Gasteiger partial charge in [-0.2, -0.15) is 0 Å². The molecule has 1 saturated carbocycles. The number of nitrogens with one attached hydrogen (secondary N) is 1. The highest BCUT2D eigenvalue weighted by atomic mass is 15.2. The van der Waals surface area contributed by atoms with E-state index in [2.05, 4.69) is 55.2 Å². The van der Waals surface area contributed by atoms with Gasteiger partial charge < -0.3 is 10.2 Å². The molecular weight excluding hydrogens is 258 g/mol. The van der Waals surface area contributed by atoms with E-state index in [-0.39, 0.29) is 0 Å². The molecule has 3 atom stereocenters. The van der Waals surface area contributed by atoms with Crippen molar-refractivity contribution in [3.8, 4) is 0 Å².